The van der Waals surface area contributed by atoms with Gasteiger partial charge in [-0.05, 0) is 26.0 Å². The van der Waals surface area contributed by atoms with E-state index in [0.29, 0.717) is 32.5 Å². The fourth-order valence-electron chi connectivity index (χ4n) is 3.31. The molecule has 1 amide bonds. The Kier molecular flexibility index (Phi) is 9.86. The van der Waals surface area contributed by atoms with Crippen LogP contribution in [-0.4, -0.2) is 60.7 Å². The second-order valence-corrected chi connectivity index (χ2v) is 7.98. The molecule has 0 bridgehead atoms. The molecule has 3 N–H and O–H groups in total. The maximum absolute atomic E-state index is 12.1. The molecule has 10 heteroatoms. The molecule has 2 aromatic heterocycles. The van der Waals surface area contributed by atoms with E-state index in [2.05, 4.69) is 24.1 Å². The van der Waals surface area contributed by atoms with Gasteiger partial charge in [-0.15, -0.1) is 36.2 Å². The zero-order chi connectivity index (χ0) is 18.7. The standard InChI is InChI=1S/C18H27N5O2S.2ClH/c1-11-12(2)26-18-16(11)17(21-14(22-18)4-5-19)20-9-13-8-15(24)23(10-13)6-7-25-3;;/h13H,4-10,19H2,1-3H3,(H,20,21,22);2*1H. The number of carbonyl (C=O) groups is 1. The van der Waals surface area contributed by atoms with E-state index in [9.17, 15) is 4.79 Å². The van der Waals surface area contributed by atoms with E-state index < -0.39 is 0 Å². The highest BCUT2D eigenvalue weighted by Gasteiger charge is 2.29. The Hall–Kier alpha value is -1.19. The smallest absolute Gasteiger partial charge is 0.223 e. The summed E-state index contributed by atoms with van der Waals surface area (Å²) < 4.78 is 5.08. The fraction of sp³-hybridized carbons (Fsp3) is 0.611. The summed E-state index contributed by atoms with van der Waals surface area (Å²) in [5, 5.41) is 4.58. The highest BCUT2D eigenvalue weighted by Crippen LogP contribution is 2.33. The summed E-state index contributed by atoms with van der Waals surface area (Å²) in [6.45, 7) is 7.47. The molecule has 0 radical (unpaired) electrons. The number of methoxy groups -OCH3 is 1. The minimum atomic E-state index is 0. The van der Waals surface area contributed by atoms with Crippen LogP contribution >= 0.6 is 36.2 Å². The van der Waals surface area contributed by atoms with Gasteiger partial charge in [-0.25, -0.2) is 9.97 Å². The molecule has 1 saturated heterocycles. The molecule has 1 aliphatic heterocycles. The minimum Gasteiger partial charge on any atom is -0.383 e. The average molecular weight is 450 g/mol. The van der Waals surface area contributed by atoms with Gasteiger partial charge in [-0.1, -0.05) is 0 Å². The first kappa shape index (κ1) is 24.8. The highest BCUT2D eigenvalue weighted by atomic mass is 35.5. The number of amides is 1. The van der Waals surface area contributed by atoms with Crippen LogP contribution in [0.4, 0.5) is 5.82 Å². The first-order chi connectivity index (χ1) is 12.5. The van der Waals surface area contributed by atoms with Gasteiger partial charge in [-0.2, -0.15) is 0 Å². The molecular weight excluding hydrogens is 421 g/mol. The predicted octanol–water partition coefficient (Wildman–Crippen LogP) is 2.56. The van der Waals surface area contributed by atoms with Gasteiger partial charge in [0.15, 0.2) is 0 Å². The van der Waals surface area contributed by atoms with Crippen molar-refractivity contribution >= 4 is 58.1 Å². The number of ether oxygens (including phenoxy) is 1. The Labute approximate surface area is 182 Å². The molecule has 7 nitrogen and oxygen atoms in total. The summed E-state index contributed by atoms with van der Waals surface area (Å²) in [6.07, 6.45) is 1.23. The molecular formula is C18H29Cl2N5O2S. The van der Waals surface area contributed by atoms with E-state index in [1.54, 1.807) is 18.4 Å². The lowest BCUT2D eigenvalue weighted by Gasteiger charge is -2.16. The maximum atomic E-state index is 12.1. The van der Waals surface area contributed by atoms with Gasteiger partial charge >= 0.3 is 0 Å². The first-order valence-electron chi connectivity index (χ1n) is 9.00. The van der Waals surface area contributed by atoms with Crippen molar-refractivity contribution in [3.05, 3.63) is 16.3 Å². The van der Waals surface area contributed by atoms with Gasteiger partial charge < -0.3 is 20.7 Å². The summed E-state index contributed by atoms with van der Waals surface area (Å²) in [5.74, 6) is 2.12. The van der Waals surface area contributed by atoms with Crippen molar-refractivity contribution in [3.63, 3.8) is 0 Å². The monoisotopic (exact) mass is 449 g/mol. The Morgan fingerprint density at radius 2 is 2.07 bits per heavy atom. The van der Waals surface area contributed by atoms with Crippen LogP contribution in [0.25, 0.3) is 10.2 Å². The lowest BCUT2D eigenvalue weighted by Crippen LogP contribution is -2.29. The van der Waals surface area contributed by atoms with Gasteiger partial charge in [-0.3, -0.25) is 4.79 Å². The van der Waals surface area contributed by atoms with E-state index in [0.717, 1.165) is 34.9 Å². The Balaban J connectivity index is 0.00000196. The topological polar surface area (TPSA) is 93.4 Å². The molecule has 1 unspecified atom stereocenters. The summed E-state index contributed by atoms with van der Waals surface area (Å²) in [6, 6.07) is 0. The number of aromatic nitrogens is 2. The number of halogens is 2. The van der Waals surface area contributed by atoms with E-state index in [1.807, 2.05) is 4.90 Å². The quantitative estimate of drug-likeness (QED) is 0.642. The molecule has 1 fully saturated rings. The number of hydrogen-bond acceptors (Lipinski definition) is 7. The van der Waals surface area contributed by atoms with Gasteiger partial charge in [0.05, 0.1) is 12.0 Å². The summed E-state index contributed by atoms with van der Waals surface area (Å²) in [7, 11) is 1.66. The van der Waals surface area contributed by atoms with Crippen molar-refractivity contribution in [1.82, 2.24) is 14.9 Å². The van der Waals surface area contributed by atoms with Gasteiger partial charge in [0, 0.05) is 50.4 Å². The zero-order valence-corrected chi connectivity index (χ0v) is 18.9. The number of anilines is 1. The zero-order valence-electron chi connectivity index (χ0n) is 16.5. The van der Waals surface area contributed by atoms with Crippen molar-refractivity contribution in [2.75, 3.05) is 45.2 Å². The van der Waals surface area contributed by atoms with E-state index in [4.69, 9.17) is 15.5 Å². The van der Waals surface area contributed by atoms with Gasteiger partial charge in [0.1, 0.15) is 16.5 Å². The molecule has 28 heavy (non-hydrogen) atoms. The molecule has 0 saturated carbocycles. The third kappa shape index (κ3) is 5.45. The van der Waals surface area contributed by atoms with Gasteiger partial charge in [0.25, 0.3) is 0 Å². The lowest BCUT2D eigenvalue weighted by molar-refractivity contribution is -0.128. The van der Waals surface area contributed by atoms with Crippen molar-refractivity contribution in [2.24, 2.45) is 11.7 Å². The third-order valence-corrected chi connectivity index (χ3v) is 5.96. The number of nitrogens with zero attached hydrogens (tertiary/aromatic N) is 3. The van der Waals surface area contributed by atoms with Crippen LogP contribution < -0.4 is 11.1 Å². The summed E-state index contributed by atoms with van der Waals surface area (Å²) in [4.78, 5) is 25.6. The molecule has 1 atom stereocenters. The SMILES string of the molecule is COCCN1CC(CNc2nc(CCN)nc3sc(C)c(C)c23)CC1=O.Cl.Cl. The first-order valence-corrected chi connectivity index (χ1v) is 9.82. The van der Waals surface area contributed by atoms with Crippen LogP contribution in [0.2, 0.25) is 0 Å². The Morgan fingerprint density at radius 3 is 2.75 bits per heavy atom. The normalized spacial score (nSPS) is 16.2. The van der Waals surface area contributed by atoms with Crippen molar-refractivity contribution in [3.8, 4) is 0 Å². The molecule has 1 aliphatic rings. The number of carbonyl (C=O) groups excluding carboxylic acids is 1. The predicted molar refractivity (Wildman–Crippen MR) is 119 cm³/mol. The summed E-state index contributed by atoms with van der Waals surface area (Å²) >= 11 is 1.69. The number of thiophene rings is 1. The van der Waals surface area contributed by atoms with Crippen molar-refractivity contribution in [1.29, 1.82) is 0 Å². The molecule has 0 aromatic carbocycles. The number of fused-ring (bicyclic) bond motifs is 1. The molecule has 158 valence electrons. The van der Waals surface area contributed by atoms with Crippen LogP contribution in [0, 0.1) is 19.8 Å². The molecule has 2 aromatic rings. The maximum Gasteiger partial charge on any atom is 0.223 e. The van der Waals surface area contributed by atoms with E-state index >= 15 is 0 Å². The van der Waals surface area contributed by atoms with Crippen molar-refractivity contribution < 1.29 is 9.53 Å². The Bertz CT molecular complexity index is 802. The molecule has 3 heterocycles. The second-order valence-electron chi connectivity index (χ2n) is 6.77. The molecule has 3 rings (SSSR count). The molecule has 0 spiro atoms. The fourth-order valence-corrected chi connectivity index (χ4v) is 4.36. The van der Waals surface area contributed by atoms with Crippen LogP contribution in [-0.2, 0) is 16.0 Å². The van der Waals surface area contributed by atoms with Gasteiger partial charge in [0.2, 0.25) is 5.91 Å². The molecule has 0 aliphatic carbocycles. The van der Waals surface area contributed by atoms with Crippen LogP contribution in [0.3, 0.4) is 0 Å². The number of nitrogens with one attached hydrogen (secondary N) is 1. The third-order valence-electron chi connectivity index (χ3n) is 4.86. The minimum absolute atomic E-state index is 0. The Morgan fingerprint density at radius 1 is 1.32 bits per heavy atom. The number of likely N-dealkylation sites (tertiary alicyclic amines) is 1. The van der Waals surface area contributed by atoms with Crippen LogP contribution in [0.15, 0.2) is 0 Å². The number of nitrogens with two attached hydrogens (primary N) is 1. The number of rotatable bonds is 8. The van der Waals surface area contributed by atoms with Crippen LogP contribution in [0.1, 0.15) is 22.7 Å². The van der Waals surface area contributed by atoms with Crippen LogP contribution in [0.5, 0.6) is 0 Å². The lowest BCUT2D eigenvalue weighted by atomic mass is 10.1. The van der Waals surface area contributed by atoms with Crippen molar-refractivity contribution in [2.45, 2.75) is 26.7 Å². The largest absolute Gasteiger partial charge is 0.383 e. The number of aryl methyl sites for hydroxylation is 2. The number of hydrogen-bond donors (Lipinski definition) is 2. The highest BCUT2D eigenvalue weighted by molar-refractivity contribution is 7.18. The second kappa shape index (κ2) is 11.1. The van der Waals surface area contributed by atoms with E-state index in [1.165, 1.54) is 10.4 Å². The summed E-state index contributed by atoms with van der Waals surface area (Å²) in [5.41, 5.74) is 6.90. The van der Waals surface area contributed by atoms with E-state index in [-0.39, 0.29) is 36.6 Å². The average Bonchev–Trinajstić information content (AvgIpc) is 3.11.